The third-order valence-corrected chi connectivity index (χ3v) is 6.67. The van der Waals surface area contributed by atoms with Crippen LogP contribution in [0.5, 0.6) is 0 Å². The largest absolute Gasteiger partial charge is 0.364 e. The lowest BCUT2D eigenvalue weighted by atomic mass is 9.67. The molecule has 3 heterocycles. The summed E-state index contributed by atoms with van der Waals surface area (Å²) in [5.74, 6) is -1.43. The molecule has 2 aromatic carbocycles. The van der Waals surface area contributed by atoms with Crippen LogP contribution in [0.3, 0.4) is 0 Å². The van der Waals surface area contributed by atoms with Gasteiger partial charge in [0.15, 0.2) is 5.41 Å². The first-order valence-corrected chi connectivity index (χ1v) is 10.3. The van der Waals surface area contributed by atoms with E-state index in [0.29, 0.717) is 18.7 Å². The summed E-state index contributed by atoms with van der Waals surface area (Å²) in [6, 6.07) is 12.3. The Balaban J connectivity index is 1.58. The minimum Gasteiger partial charge on any atom is -0.364 e. The van der Waals surface area contributed by atoms with Crippen molar-refractivity contribution in [2.45, 2.75) is 19.0 Å². The molecule has 5 rings (SSSR count). The minimum absolute atomic E-state index is 0.0236. The van der Waals surface area contributed by atoms with E-state index in [2.05, 4.69) is 15.1 Å². The van der Waals surface area contributed by atoms with Crippen LogP contribution in [0.15, 0.2) is 48.5 Å². The van der Waals surface area contributed by atoms with Crippen molar-refractivity contribution >= 4 is 23.5 Å². The highest BCUT2D eigenvalue weighted by atomic mass is 19.1. The molecule has 0 aliphatic carbocycles. The fourth-order valence-electron chi connectivity index (χ4n) is 5.06. The second kappa shape index (κ2) is 7.16. The predicted octanol–water partition coefficient (Wildman–Crippen LogP) is 1.77. The second-order valence-corrected chi connectivity index (χ2v) is 8.53. The van der Waals surface area contributed by atoms with E-state index in [4.69, 9.17) is 0 Å². The smallest absolute Gasteiger partial charge is 0.331 e. The predicted molar refractivity (Wildman–Crippen MR) is 112 cm³/mol. The lowest BCUT2D eigenvalue weighted by Gasteiger charge is -2.55. The molecule has 8 heteroatoms. The summed E-state index contributed by atoms with van der Waals surface area (Å²) in [6.07, 6.45) is 0.232. The maximum Gasteiger partial charge on any atom is 0.331 e. The first-order valence-electron chi connectivity index (χ1n) is 10.3. The van der Waals surface area contributed by atoms with Gasteiger partial charge >= 0.3 is 6.03 Å². The molecule has 3 aliphatic heterocycles. The van der Waals surface area contributed by atoms with Crippen LogP contribution in [0, 0.1) is 11.2 Å². The van der Waals surface area contributed by atoms with Gasteiger partial charge in [-0.2, -0.15) is 0 Å². The summed E-state index contributed by atoms with van der Waals surface area (Å²) in [6.45, 7) is 2.01. The van der Waals surface area contributed by atoms with Crippen LogP contribution in [0.25, 0.3) is 0 Å². The molecule has 1 spiro atoms. The van der Waals surface area contributed by atoms with Gasteiger partial charge in [0.05, 0.1) is 12.6 Å². The Morgan fingerprint density at radius 2 is 1.81 bits per heavy atom. The zero-order valence-electron chi connectivity index (χ0n) is 17.2. The van der Waals surface area contributed by atoms with Gasteiger partial charge in [-0.25, -0.2) is 9.18 Å². The number of hydrogen-bond acceptors (Lipinski definition) is 5. The molecular formula is C23H23FN4O3. The van der Waals surface area contributed by atoms with E-state index in [0.717, 1.165) is 22.7 Å². The van der Waals surface area contributed by atoms with Crippen LogP contribution in [0.1, 0.15) is 11.1 Å². The van der Waals surface area contributed by atoms with Crippen molar-refractivity contribution < 1.29 is 18.8 Å². The van der Waals surface area contributed by atoms with Crippen molar-refractivity contribution in [3.63, 3.8) is 0 Å². The average Bonchev–Trinajstić information content (AvgIpc) is 2.76. The topological polar surface area (TPSA) is 73.0 Å². The van der Waals surface area contributed by atoms with Gasteiger partial charge < -0.3 is 9.80 Å². The molecule has 3 aliphatic rings. The van der Waals surface area contributed by atoms with E-state index < -0.39 is 35.1 Å². The molecule has 2 saturated heterocycles. The number of amides is 4. The number of imide groups is 2. The van der Waals surface area contributed by atoms with Crippen molar-refractivity contribution in [1.29, 1.82) is 0 Å². The molecule has 0 radical (unpaired) electrons. The summed E-state index contributed by atoms with van der Waals surface area (Å²) in [5, 5.41) is 2.44. The van der Waals surface area contributed by atoms with Crippen molar-refractivity contribution in [1.82, 2.24) is 15.1 Å². The van der Waals surface area contributed by atoms with Gasteiger partial charge in [0.2, 0.25) is 11.8 Å². The summed E-state index contributed by atoms with van der Waals surface area (Å²) in [4.78, 5) is 45.2. The summed E-state index contributed by atoms with van der Waals surface area (Å²) >= 11 is 0. The number of carbonyl (C=O) groups excluding carboxylic acids is 3. The van der Waals surface area contributed by atoms with Crippen LogP contribution >= 0.6 is 0 Å². The molecule has 0 saturated carbocycles. The molecule has 2 atom stereocenters. The number of hydrogen-bond donors (Lipinski definition) is 1. The molecule has 1 N–H and O–H groups in total. The number of nitrogens with one attached hydrogen (secondary N) is 1. The third kappa shape index (κ3) is 3.01. The van der Waals surface area contributed by atoms with Crippen LogP contribution < -0.4 is 10.2 Å². The number of piperazine rings is 1. The fourth-order valence-corrected chi connectivity index (χ4v) is 5.06. The number of rotatable bonds is 2. The number of likely N-dealkylation sites (N-methyl/N-ethyl adjacent to an activating group) is 1. The maximum absolute atomic E-state index is 13.9. The van der Waals surface area contributed by atoms with E-state index in [1.54, 1.807) is 0 Å². The number of para-hydroxylation sites is 1. The van der Waals surface area contributed by atoms with Gasteiger partial charge in [0, 0.05) is 25.3 Å². The normalized spacial score (nSPS) is 26.0. The first kappa shape index (κ1) is 19.7. The van der Waals surface area contributed by atoms with Crippen LogP contribution in [-0.4, -0.2) is 60.4 Å². The van der Waals surface area contributed by atoms with E-state index in [1.165, 1.54) is 24.3 Å². The van der Waals surface area contributed by atoms with Gasteiger partial charge in [-0.3, -0.25) is 19.8 Å². The van der Waals surface area contributed by atoms with Crippen LogP contribution in [0.4, 0.5) is 14.9 Å². The number of carbonyl (C=O) groups is 3. The molecule has 160 valence electrons. The molecule has 0 aromatic heterocycles. The quantitative estimate of drug-likeness (QED) is 0.747. The number of barbiturate groups is 1. The summed E-state index contributed by atoms with van der Waals surface area (Å²) < 4.78 is 13.3. The van der Waals surface area contributed by atoms with Crippen molar-refractivity contribution in [2.75, 3.05) is 31.6 Å². The van der Waals surface area contributed by atoms with Gasteiger partial charge in [-0.05, 0) is 42.8 Å². The highest BCUT2D eigenvalue weighted by molar-refractivity contribution is 6.20. The van der Waals surface area contributed by atoms with Gasteiger partial charge in [0.25, 0.3) is 0 Å². The monoisotopic (exact) mass is 422 g/mol. The highest BCUT2D eigenvalue weighted by Gasteiger charge is 2.62. The van der Waals surface area contributed by atoms with Gasteiger partial charge in [-0.1, -0.05) is 30.3 Å². The number of fused-ring (bicyclic) bond motifs is 4. The molecular weight excluding hydrogens is 399 g/mol. The van der Waals surface area contributed by atoms with Crippen molar-refractivity contribution in [2.24, 2.45) is 5.41 Å². The van der Waals surface area contributed by atoms with Crippen LogP contribution in [0.2, 0.25) is 0 Å². The average molecular weight is 422 g/mol. The fraction of sp³-hybridized carbons (Fsp3) is 0.348. The number of nitrogens with zero attached hydrogens (tertiary/aromatic N) is 3. The molecule has 4 amide bonds. The number of halogens is 1. The van der Waals surface area contributed by atoms with E-state index in [9.17, 15) is 18.8 Å². The lowest BCUT2D eigenvalue weighted by Crippen LogP contribution is -2.74. The Bertz CT molecular complexity index is 1070. The summed E-state index contributed by atoms with van der Waals surface area (Å²) in [7, 11) is 1.97. The second-order valence-electron chi connectivity index (χ2n) is 8.53. The zero-order chi connectivity index (χ0) is 21.8. The maximum atomic E-state index is 13.9. The molecule has 0 unspecified atom stereocenters. The Kier molecular flexibility index (Phi) is 4.55. The van der Waals surface area contributed by atoms with Gasteiger partial charge in [0.1, 0.15) is 5.82 Å². The SMILES string of the molecule is CN1CCN2c3ccccc3C[C@@]3(C(=O)NC(=O)N(Cc4ccc(F)cc4)C3=O)[C@H]2C1. The molecule has 2 fully saturated rings. The van der Waals surface area contributed by atoms with E-state index in [-0.39, 0.29) is 13.0 Å². The van der Waals surface area contributed by atoms with Crippen LogP contribution in [-0.2, 0) is 22.6 Å². The molecule has 31 heavy (non-hydrogen) atoms. The number of benzene rings is 2. The molecule has 2 aromatic rings. The first-order chi connectivity index (χ1) is 14.9. The number of urea groups is 1. The Labute approximate surface area is 179 Å². The minimum atomic E-state index is -1.41. The van der Waals surface area contributed by atoms with Gasteiger partial charge in [-0.15, -0.1) is 0 Å². The Hall–Kier alpha value is -3.26. The standard InChI is InChI=1S/C23H23FN4O3/c1-26-10-11-27-18-5-3-2-4-16(18)12-23(19(27)14-26)20(29)25-22(31)28(21(23)30)13-15-6-8-17(24)9-7-15/h2-9,19H,10-14H2,1H3,(H,25,29,31)/t19-,23+/m1/s1. The lowest BCUT2D eigenvalue weighted by molar-refractivity contribution is -0.154. The van der Waals surface area contributed by atoms with E-state index >= 15 is 0 Å². The molecule has 0 bridgehead atoms. The van der Waals surface area contributed by atoms with Crippen molar-refractivity contribution in [3.8, 4) is 0 Å². The molecule has 7 nitrogen and oxygen atoms in total. The number of anilines is 1. The highest BCUT2D eigenvalue weighted by Crippen LogP contribution is 2.45. The van der Waals surface area contributed by atoms with Crippen molar-refractivity contribution in [3.05, 3.63) is 65.5 Å². The Morgan fingerprint density at radius 3 is 2.58 bits per heavy atom. The third-order valence-electron chi connectivity index (χ3n) is 6.67. The summed E-state index contributed by atoms with van der Waals surface area (Å²) in [5.41, 5.74) is 1.16. The Morgan fingerprint density at radius 1 is 1.06 bits per heavy atom. The zero-order valence-corrected chi connectivity index (χ0v) is 17.2. The van der Waals surface area contributed by atoms with E-state index in [1.807, 2.05) is 31.3 Å².